The lowest BCUT2D eigenvalue weighted by Gasteiger charge is -2.38. The molecule has 5 heteroatoms. The number of aryl methyl sites for hydroxylation is 1. The summed E-state index contributed by atoms with van der Waals surface area (Å²) in [6.07, 6.45) is 4.80. The third-order valence-electron chi connectivity index (χ3n) is 5.33. The summed E-state index contributed by atoms with van der Waals surface area (Å²) >= 11 is 0. The highest BCUT2D eigenvalue weighted by atomic mass is 16.5. The smallest absolute Gasteiger partial charge is 0.339 e. The van der Waals surface area contributed by atoms with E-state index in [2.05, 4.69) is 12.4 Å². The van der Waals surface area contributed by atoms with Crippen LogP contribution in [-0.4, -0.2) is 49.6 Å². The van der Waals surface area contributed by atoms with Crippen molar-refractivity contribution in [2.24, 2.45) is 0 Å². The van der Waals surface area contributed by atoms with Crippen molar-refractivity contribution in [2.45, 2.75) is 45.6 Å². The standard InChI is InChI=1S/C19H28N2O3/c1-14-10-9-11-16(19(23)24-4)17(14)20-18(22)15(2)21(3)12-7-5-6-8-13-21/h9-11,15H,5-8,12-13H2,1-4H3/p+1. The minimum atomic E-state index is -0.433. The Labute approximate surface area is 144 Å². The number of rotatable bonds is 4. The second-order valence-electron chi connectivity index (χ2n) is 7.00. The van der Waals surface area contributed by atoms with Gasteiger partial charge in [-0.25, -0.2) is 4.79 Å². The van der Waals surface area contributed by atoms with Crippen LogP contribution in [0.1, 0.15) is 48.5 Å². The summed E-state index contributed by atoms with van der Waals surface area (Å²) in [6.45, 7) is 5.91. The summed E-state index contributed by atoms with van der Waals surface area (Å²) in [7, 11) is 3.51. The Balaban J connectivity index is 2.21. The van der Waals surface area contributed by atoms with E-state index in [-0.39, 0.29) is 11.9 Å². The monoisotopic (exact) mass is 333 g/mol. The molecule has 1 amide bonds. The molecular weight excluding hydrogens is 304 g/mol. The molecule has 24 heavy (non-hydrogen) atoms. The molecule has 0 bridgehead atoms. The van der Waals surface area contributed by atoms with Gasteiger partial charge in [0.1, 0.15) is 0 Å². The van der Waals surface area contributed by atoms with Crippen molar-refractivity contribution in [3.8, 4) is 0 Å². The molecule has 1 saturated heterocycles. The van der Waals surface area contributed by atoms with Gasteiger partial charge >= 0.3 is 5.97 Å². The van der Waals surface area contributed by atoms with Gasteiger partial charge in [-0.2, -0.15) is 0 Å². The average Bonchev–Trinajstić information content (AvgIpc) is 2.80. The zero-order valence-electron chi connectivity index (χ0n) is 15.2. The first-order valence-corrected chi connectivity index (χ1v) is 8.72. The number of benzene rings is 1. The van der Waals surface area contributed by atoms with Gasteiger partial charge in [0.25, 0.3) is 5.91 Å². The van der Waals surface area contributed by atoms with Crippen LogP contribution < -0.4 is 5.32 Å². The van der Waals surface area contributed by atoms with Crippen LogP contribution in [0.4, 0.5) is 5.69 Å². The summed E-state index contributed by atoms with van der Waals surface area (Å²) in [4.78, 5) is 24.8. The molecule has 0 aromatic heterocycles. The molecule has 1 unspecified atom stereocenters. The van der Waals surface area contributed by atoms with Crippen molar-refractivity contribution in [2.75, 3.05) is 32.6 Å². The van der Waals surface area contributed by atoms with E-state index < -0.39 is 5.97 Å². The summed E-state index contributed by atoms with van der Waals surface area (Å²) in [5.74, 6) is -0.476. The van der Waals surface area contributed by atoms with Gasteiger partial charge in [0.05, 0.1) is 38.5 Å². The van der Waals surface area contributed by atoms with E-state index in [4.69, 9.17) is 4.74 Å². The van der Waals surface area contributed by atoms with Gasteiger partial charge in [-0.1, -0.05) is 12.1 Å². The van der Waals surface area contributed by atoms with Crippen LogP contribution >= 0.6 is 0 Å². The Bertz CT molecular complexity index is 605. The van der Waals surface area contributed by atoms with Crippen LogP contribution in [0.3, 0.4) is 0 Å². The number of nitrogens with one attached hydrogen (secondary N) is 1. The number of methoxy groups -OCH3 is 1. The number of likely N-dealkylation sites (N-methyl/N-ethyl adjacent to an activating group) is 1. The van der Waals surface area contributed by atoms with Crippen molar-refractivity contribution < 1.29 is 18.8 Å². The molecule has 0 spiro atoms. The lowest BCUT2D eigenvalue weighted by Crippen LogP contribution is -2.56. The number of ether oxygens (including phenoxy) is 1. The van der Waals surface area contributed by atoms with Crippen LogP contribution in [-0.2, 0) is 9.53 Å². The maximum absolute atomic E-state index is 12.9. The van der Waals surface area contributed by atoms with E-state index in [9.17, 15) is 9.59 Å². The number of nitrogens with zero attached hydrogens (tertiary/aromatic N) is 1. The number of carbonyl (C=O) groups excluding carboxylic acids is 2. The molecule has 1 fully saturated rings. The van der Waals surface area contributed by atoms with Gasteiger partial charge in [0.2, 0.25) is 0 Å². The molecule has 132 valence electrons. The fourth-order valence-electron chi connectivity index (χ4n) is 3.42. The number of carbonyl (C=O) groups is 2. The maximum atomic E-state index is 12.9. The number of hydrogen-bond donors (Lipinski definition) is 1. The number of quaternary nitrogens is 1. The zero-order valence-corrected chi connectivity index (χ0v) is 15.2. The topological polar surface area (TPSA) is 55.4 Å². The maximum Gasteiger partial charge on any atom is 0.339 e. The number of hydrogen-bond acceptors (Lipinski definition) is 3. The van der Waals surface area contributed by atoms with E-state index in [1.165, 1.54) is 20.0 Å². The number of anilines is 1. The fourth-order valence-corrected chi connectivity index (χ4v) is 3.42. The first-order valence-electron chi connectivity index (χ1n) is 8.72. The molecule has 1 heterocycles. The quantitative estimate of drug-likeness (QED) is 0.680. The molecule has 0 aliphatic carbocycles. The van der Waals surface area contributed by atoms with Gasteiger partial charge in [0.15, 0.2) is 6.04 Å². The molecule has 1 N–H and O–H groups in total. The van der Waals surface area contributed by atoms with Gasteiger partial charge in [-0.15, -0.1) is 0 Å². The molecule has 2 rings (SSSR count). The predicted octanol–water partition coefficient (Wildman–Crippen LogP) is 3.13. The highest BCUT2D eigenvalue weighted by molar-refractivity contribution is 6.03. The minimum absolute atomic E-state index is 0.0427. The molecule has 1 aromatic carbocycles. The minimum Gasteiger partial charge on any atom is -0.465 e. The van der Waals surface area contributed by atoms with E-state index in [1.807, 2.05) is 19.9 Å². The molecule has 0 saturated carbocycles. The second kappa shape index (κ2) is 7.79. The lowest BCUT2D eigenvalue weighted by molar-refractivity contribution is -0.921. The van der Waals surface area contributed by atoms with Gasteiger partial charge in [0, 0.05) is 0 Å². The third-order valence-corrected chi connectivity index (χ3v) is 5.33. The Morgan fingerprint density at radius 1 is 1.17 bits per heavy atom. The van der Waals surface area contributed by atoms with E-state index in [1.54, 1.807) is 12.1 Å². The molecule has 1 aliphatic heterocycles. The summed E-state index contributed by atoms with van der Waals surface area (Å²) in [6, 6.07) is 5.20. The molecule has 1 aliphatic rings. The number of likely N-dealkylation sites (tertiary alicyclic amines) is 1. The molecular formula is C19H29N2O3+. The zero-order chi connectivity index (χ0) is 17.7. The normalized spacial score (nSPS) is 18.3. The second-order valence-corrected chi connectivity index (χ2v) is 7.00. The highest BCUT2D eigenvalue weighted by Gasteiger charge is 2.35. The molecule has 0 radical (unpaired) electrons. The van der Waals surface area contributed by atoms with E-state index in [0.717, 1.165) is 36.0 Å². The third kappa shape index (κ3) is 3.96. The summed E-state index contributed by atoms with van der Waals surface area (Å²) in [5, 5.41) is 2.98. The van der Waals surface area contributed by atoms with Crippen molar-refractivity contribution >= 4 is 17.6 Å². The van der Waals surface area contributed by atoms with Crippen molar-refractivity contribution in [3.05, 3.63) is 29.3 Å². The number of esters is 1. The first-order chi connectivity index (χ1) is 11.4. The molecule has 1 aromatic rings. The lowest BCUT2D eigenvalue weighted by atomic mass is 10.1. The van der Waals surface area contributed by atoms with Crippen LogP contribution in [0.5, 0.6) is 0 Å². The highest BCUT2D eigenvalue weighted by Crippen LogP contribution is 2.24. The molecule has 1 atom stereocenters. The summed E-state index contributed by atoms with van der Waals surface area (Å²) in [5.41, 5.74) is 1.82. The van der Waals surface area contributed by atoms with Crippen LogP contribution in [0.25, 0.3) is 0 Å². The fraction of sp³-hybridized carbons (Fsp3) is 0.579. The van der Waals surface area contributed by atoms with E-state index in [0.29, 0.717) is 11.3 Å². The van der Waals surface area contributed by atoms with Gasteiger partial charge in [-0.05, 0) is 51.2 Å². The Kier molecular flexibility index (Phi) is 5.99. The van der Waals surface area contributed by atoms with Crippen LogP contribution in [0.15, 0.2) is 18.2 Å². The van der Waals surface area contributed by atoms with Crippen LogP contribution in [0, 0.1) is 6.92 Å². The number of para-hydroxylation sites is 1. The number of amides is 1. The molecule has 5 nitrogen and oxygen atoms in total. The predicted molar refractivity (Wildman–Crippen MR) is 95.0 cm³/mol. The Hall–Kier alpha value is -1.88. The van der Waals surface area contributed by atoms with Crippen LogP contribution in [0.2, 0.25) is 0 Å². The summed E-state index contributed by atoms with van der Waals surface area (Å²) < 4.78 is 5.59. The van der Waals surface area contributed by atoms with E-state index >= 15 is 0 Å². The first kappa shape index (κ1) is 18.5. The van der Waals surface area contributed by atoms with Crippen molar-refractivity contribution in [1.29, 1.82) is 0 Å². The van der Waals surface area contributed by atoms with Gasteiger partial charge < -0.3 is 14.5 Å². The average molecular weight is 333 g/mol. The Morgan fingerprint density at radius 3 is 2.38 bits per heavy atom. The largest absolute Gasteiger partial charge is 0.465 e. The SMILES string of the molecule is COC(=O)c1cccc(C)c1NC(=O)C(C)[N+]1(C)CCCCCC1. The van der Waals surface area contributed by atoms with Crippen molar-refractivity contribution in [1.82, 2.24) is 0 Å². The van der Waals surface area contributed by atoms with Crippen molar-refractivity contribution in [3.63, 3.8) is 0 Å². The Morgan fingerprint density at radius 2 is 1.79 bits per heavy atom. The van der Waals surface area contributed by atoms with Gasteiger partial charge in [-0.3, -0.25) is 4.79 Å².